The minimum absolute atomic E-state index is 0.0207. The van der Waals surface area contributed by atoms with Gasteiger partial charge in [0.05, 0.1) is 16.0 Å². The number of hydrogen-bond donors (Lipinski definition) is 0. The van der Waals surface area contributed by atoms with Crippen molar-refractivity contribution in [3.8, 4) is 0 Å². The van der Waals surface area contributed by atoms with Crippen LogP contribution in [0.15, 0.2) is 41.4 Å². The van der Waals surface area contributed by atoms with E-state index in [1.165, 1.54) is 4.90 Å². The predicted octanol–water partition coefficient (Wildman–Crippen LogP) is 3.08. The van der Waals surface area contributed by atoms with Crippen molar-refractivity contribution >= 4 is 15.9 Å². The Bertz CT molecular complexity index is 1060. The molecule has 11 heteroatoms. The molecule has 1 unspecified atom stereocenters. The first-order valence-electron chi connectivity index (χ1n) is 9.02. The summed E-state index contributed by atoms with van der Waals surface area (Å²) in [7, 11) is -4.02. The van der Waals surface area contributed by atoms with Crippen molar-refractivity contribution < 1.29 is 30.8 Å². The van der Waals surface area contributed by atoms with E-state index in [0.29, 0.717) is 5.56 Å². The molecule has 6 nitrogen and oxygen atoms in total. The van der Waals surface area contributed by atoms with Gasteiger partial charge in [-0.05, 0) is 49.7 Å². The average Bonchev–Trinajstić information content (AvgIpc) is 2.67. The highest BCUT2D eigenvalue weighted by Gasteiger charge is 2.36. The second kappa shape index (κ2) is 7.95. The van der Waals surface area contributed by atoms with Crippen LogP contribution < -0.4 is 0 Å². The molecule has 1 saturated heterocycles. The number of benzene rings is 1. The summed E-state index contributed by atoms with van der Waals surface area (Å²) in [6.07, 6.45) is -3.42. The SMILES string of the molecule is Cc1cc(F)ncc1C(=O)N1CCN(S(=O)(=O)c2ccc(C(F)(F)F)cc2)CC1C. The molecule has 2 aromatic rings. The molecule has 3 rings (SSSR count). The molecule has 1 aromatic heterocycles. The average molecular weight is 445 g/mol. The van der Waals surface area contributed by atoms with E-state index in [4.69, 9.17) is 0 Å². The van der Waals surface area contributed by atoms with Crippen molar-refractivity contribution in [2.24, 2.45) is 0 Å². The van der Waals surface area contributed by atoms with Gasteiger partial charge in [-0.3, -0.25) is 4.79 Å². The zero-order chi connectivity index (χ0) is 22.3. The highest BCUT2D eigenvalue weighted by atomic mass is 32.2. The van der Waals surface area contributed by atoms with Gasteiger partial charge in [-0.25, -0.2) is 13.4 Å². The van der Waals surface area contributed by atoms with E-state index in [-0.39, 0.29) is 36.0 Å². The Labute approximate surface area is 171 Å². The number of rotatable bonds is 3. The summed E-state index contributed by atoms with van der Waals surface area (Å²) in [4.78, 5) is 17.5. The number of pyridine rings is 1. The highest BCUT2D eigenvalue weighted by Crippen LogP contribution is 2.30. The number of carbonyl (C=O) groups excluding carboxylic acids is 1. The number of amides is 1. The fourth-order valence-electron chi connectivity index (χ4n) is 3.31. The van der Waals surface area contributed by atoms with Crippen molar-refractivity contribution in [1.82, 2.24) is 14.2 Å². The summed E-state index contributed by atoms with van der Waals surface area (Å²) in [5, 5.41) is 0. The van der Waals surface area contributed by atoms with Crippen LogP contribution in [0.2, 0.25) is 0 Å². The van der Waals surface area contributed by atoms with Crippen LogP contribution in [0.1, 0.15) is 28.4 Å². The van der Waals surface area contributed by atoms with Gasteiger partial charge in [-0.1, -0.05) is 0 Å². The van der Waals surface area contributed by atoms with E-state index in [2.05, 4.69) is 4.98 Å². The molecule has 1 amide bonds. The molecule has 0 radical (unpaired) electrons. The number of carbonyl (C=O) groups is 1. The number of halogens is 4. The van der Waals surface area contributed by atoms with Gasteiger partial charge >= 0.3 is 6.18 Å². The Morgan fingerprint density at radius 1 is 1.17 bits per heavy atom. The molecule has 1 aliphatic heterocycles. The monoisotopic (exact) mass is 445 g/mol. The van der Waals surface area contributed by atoms with E-state index < -0.39 is 33.8 Å². The van der Waals surface area contributed by atoms with Crippen LogP contribution in [-0.2, 0) is 16.2 Å². The highest BCUT2D eigenvalue weighted by molar-refractivity contribution is 7.89. The second-order valence-corrected chi connectivity index (χ2v) is 8.99. The number of piperazine rings is 1. The fraction of sp³-hybridized carbons (Fsp3) is 0.368. The first-order chi connectivity index (χ1) is 13.9. The Morgan fingerprint density at radius 2 is 1.80 bits per heavy atom. The molecule has 1 atom stereocenters. The third-order valence-corrected chi connectivity index (χ3v) is 6.86. The van der Waals surface area contributed by atoms with Gasteiger partial charge in [-0.15, -0.1) is 0 Å². The van der Waals surface area contributed by atoms with Crippen LogP contribution in [-0.4, -0.2) is 54.2 Å². The van der Waals surface area contributed by atoms with Crippen LogP contribution in [0.3, 0.4) is 0 Å². The predicted molar refractivity (Wildman–Crippen MR) is 99.6 cm³/mol. The Hall–Kier alpha value is -2.53. The lowest BCUT2D eigenvalue weighted by Crippen LogP contribution is -2.55. The summed E-state index contributed by atoms with van der Waals surface area (Å²) in [6.45, 7) is 3.28. The van der Waals surface area contributed by atoms with Gasteiger partial charge in [-0.2, -0.15) is 21.9 Å². The maximum atomic E-state index is 13.2. The quantitative estimate of drug-likeness (QED) is 0.538. The van der Waals surface area contributed by atoms with Crippen LogP contribution >= 0.6 is 0 Å². The Kier molecular flexibility index (Phi) is 5.87. The molecule has 0 saturated carbocycles. The standard InChI is InChI=1S/C19H19F4N3O3S/c1-12-9-17(20)24-10-16(12)18(27)26-8-7-25(11-13(26)2)30(28,29)15-5-3-14(4-6-15)19(21,22)23/h3-6,9-10,13H,7-8,11H2,1-2H3. The molecular weight excluding hydrogens is 426 g/mol. The van der Waals surface area contributed by atoms with E-state index in [0.717, 1.165) is 40.8 Å². The minimum Gasteiger partial charge on any atom is -0.333 e. The third kappa shape index (κ3) is 4.31. The molecule has 0 N–H and O–H groups in total. The number of sulfonamides is 1. The van der Waals surface area contributed by atoms with Gasteiger partial charge in [0, 0.05) is 31.9 Å². The van der Waals surface area contributed by atoms with E-state index >= 15 is 0 Å². The molecule has 0 spiro atoms. The normalized spacial score (nSPS) is 18.5. The molecule has 0 aliphatic carbocycles. The lowest BCUT2D eigenvalue weighted by Gasteiger charge is -2.39. The van der Waals surface area contributed by atoms with Gasteiger partial charge in [0.1, 0.15) is 0 Å². The van der Waals surface area contributed by atoms with E-state index in [1.807, 2.05) is 0 Å². The zero-order valence-electron chi connectivity index (χ0n) is 16.1. The Morgan fingerprint density at radius 3 is 2.33 bits per heavy atom. The lowest BCUT2D eigenvalue weighted by molar-refractivity contribution is -0.137. The van der Waals surface area contributed by atoms with Crippen LogP contribution in [0.5, 0.6) is 0 Å². The maximum absolute atomic E-state index is 13.2. The molecule has 0 bridgehead atoms. The van der Waals surface area contributed by atoms with Crippen molar-refractivity contribution in [3.63, 3.8) is 0 Å². The summed E-state index contributed by atoms with van der Waals surface area (Å²) in [5.41, 5.74) is -0.296. The number of aromatic nitrogens is 1. The first kappa shape index (κ1) is 22.2. The van der Waals surface area contributed by atoms with E-state index in [9.17, 15) is 30.8 Å². The number of hydrogen-bond acceptors (Lipinski definition) is 4. The van der Waals surface area contributed by atoms with E-state index in [1.54, 1.807) is 13.8 Å². The Balaban J connectivity index is 1.76. The lowest BCUT2D eigenvalue weighted by atomic mass is 10.1. The van der Waals surface area contributed by atoms with Crippen LogP contribution in [0.25, 0.3) is 0 Å². The minimum atomic E-state index is -4.56. The summed E-state index contributed by atoms with van der Waals surface area (Å²) >= 11 is 0. The molecule has 1 aromatic carbocycles. The summed E-state index contributed by atoms with van der Waals surface area (Å²) in [5.74, 6) is -1.09. The van der Waals surface area contributed by atoms with Gasteiger partial charge in [0.2, 0.25) is 16.0 Å². The first-order valence-corrected chi connectivity index (χ1v) is 10.5. The molecule has 1 fully saturated rings. The van der Waals surface area contributed by atoms with Crippen molar-refractivity contribution in [2.75, 3.05) is 19.6 Å². The number of aryl methyl sites for hydroxylation is 1. The van der Waals surface area contributed by atoms with Crippen molar-refractivity contribution in [2.45, 2.75) is 31.0 Å². The summed E-state index contributed by atoms with van der Waals surface area (Å²) < 4.78 is 78.1. The van der Waals surface area contributed by atoms with Crippen LogP contribution in [0, 0.1) is 12.9 Å². The third-order valence-electron chi connectivity index (χ3n) is 4.98. The second-order valence-electron chi connectivity index (χ2n) is 7.05. The molecule has 2 heterocycles. The van der Waals surface area contributed by atoms with Gasteiger partial charge < -0.3 is 4.90 Å². The maximum Gasteiger partial charge on any atom is 0.416 e. The van der Waals surface area contributed by atoms with Gasteiger partial charge in [0.25, 0.3) is 5.91 Å². The number of nitrogens with zero attached hydrogens (tertiary/aromatic N) is 3. The van der Waals surface area contributed by atoms with Gasteiger partial charge in [0.15, 0.2) is 0 Å². The fourth-order valence-corrected chi connectivity index (χ4v) is 4.82. The largest absolute Gasteiger partial charge is 0.416 e. The van der Waals surface area contributed by atoms with Crippen LogP contribution in [0.4, 0.5) is 17.6 Å². The topological polar surface area (TPSA) is 70.6 Å². The number of alkyl halides is 3. The molecule has 1 aliphatic rings. The zero-order valence-corrected chi connectivity index (χ0v) is 17.0. The molecule has 162 valence electrons. The summed E-state index contributed by atoms with van der Waals surface area (Å²) in [6, 6.07) is 3.94. The van der Waals surface area contributed by atoms with Crippen molar-refractivity contribution in [3.05, 3.63) is 59.2 Å². The van der Waals surface area contributed by atoms with Crippen molar-refractivity contribution in [1.29, 1.82) is 0 Å². The molecule has 30 heavy (non-hydrogen) atoms. The molecular formula is C19H19F4N3O3S. The smallest absolute Gasteiger partial charge is 0.333 e.